The van der Waals surface area contributed by atoms with Gasteiger partial charge in [0.25, 0.3) is 11.8 Å². The second-order valence-electron chi connectivity index (χ2n) is 5.43. The number of hydrogen-bond donors (Lipinski definition) is 0. The van der Waals surface area contributed by atoms with E-state index in [1.165, 1.54) is 4.90 Å². The quantitative estimate of drug-likeness (QED) is 0.675. The summed E-state index contributed by atoms with van der Waals surface area (Å²) in [6.07, 6.45) is 0. The Morgan fingerprint density at radius 1 is 0.682 bits per heavy atom. The molecule has 3 heteroatoms. The number of rotatable bonds is 2. The first-order valence-corrected chi connectivity index (χ1v) is 7.17. The zero-order chi connectivity index (χ0) is 15.1. The number of nitrogens with zero attached hydrogens (tertiary/aromatic N) is 1. The van der Waals surface area contributed by atoms with Gasteiger partial charge >= 0.3 is 0 Å². The summed E-state index contributed by atoms with van der Waals surface area (Å²) in [5.41, 5.74) is 1.95. The van der Waals surface area contributed by atoms with Gasteiger partial charge in [-0.1, -0.05) is 54.6 Å². The van der Waals surface area contributed by atoms with Gasteiger partial charge < -0.3 is 0 Å². The third-order valence-electron chi connectivity index (χ3n) is 4.02. The summed E-state index contributed by atoms with van der Waals surface area (Å²) in [6.45, 7) is 0.309. The summed E-state index contributed by atoms with van der Waals surface area (Å²) in [5, 5.41) is 1.95. The molecule has 0 saturated heterocycles. The number of carbonyl (C=O) groups excluding carboxylic acids is 2. The minimum absolute atomic E-state index is 0.213. The van der Waals surface area contributed by atoms with E-state index in [9.17, 15) is 9.59 Å². The van der Waals surface area contributed by atoms with Crippen LogP contribution in [0.25, 0.3) is 10.8 Å². The van der Waals surface area contributed by atoms with Gasteiger partial charge in [0, 0.05) is 0 Å². The molecule has 0 aliphatic carbocycles. The molecule has 4 rings (SSSR count). The van der Waals surface area contributed by atoms with Gasteiger partial charge in [-0.05, 0) is 28.5 Å². The molecular weight excluding hydrogens is 274 g/mol. The Labute approximate surface area is 127 Å². The van der Waals surface area contributed by atoms with Crippen LogP contribution in [-0.2, 0) is 6.54 Å². The molecule has 106 valence electrons. The molecule has 1 aliphatic rings. The minimum atomic E-state index is -0.213. The highest BCUT2D eigenvalue weighted by Crippen LogP contribution is 2.28. The predicted octanol–water partition coefficient (Wildman–Crippen LogP) is 3.64. The standard InChI is InChI=1S/C19H13NO2/c21-18-16-10-14-8-4-5-9-15(14)11-17(16)19(22)20(18)12-13-6-2-1-3-7-13/h1-11H,12H2. The van der Waals surface area contributed by atoms with Crippen LogP contribution in [0.1, 0.15) is 26.3 Å². The molecule has 0 aromatic heterocycles. The molecule has 1 heterocycles. The number of imide groups is 1. The van der Waals surface area contributed by atoms with Crippen molar-refractivity contribution in [3.63, 3.8) is 0 Å². The van der Waals surface area contributed by atoms with Crippen molar-refractivity contribution >= 4 is 22.6 Å². The van der Waals surface area contributed by atoms with E-state index in [2.05, 4.69) is 0 Å². The predicted molar refractivity (Wildman–Crippen MR) is 84.6 cm³/mol. The van der Waals surface area contributed by atoms with E-state index < -0.39 is 0 Å². The van der Waals surface area contributed by atoms with Crippen molar-refractivity contribution in [2.24, 2.45) is 0 Å². The van der Waals surface area contributed by atoms with E-state index in [-0.39, 0.29) is 11.8 Å². The average molecular weight is 287 g/mol. The number of amides is 2. The van der Waals surface area contributed by atoms with Gasteiger partial charge in [-0.2, -0.15) is 0 Å². The highest BCUT2D eigenvalue weighted by atomic mass is 16.2. The van der Waals surface area contributed by atoms with E-state index in [0.717, 1.165) is 16.3 Å². The van der Waals surface area contributed by atoms with E-state index in [1.54, 1.807) is 0 Å². The number of fused-ring (bicyclic) bond motifs is 2. The Kier molecular flexibility index (Phi) is 2.79. The highest BCUT2D eigenvalue weighted by Gasteiger charge is 2.35. The van der Waals surface area contributed by atoms with Gasteiger partial charge in [-0.3, -0.25) is 14.5 Å². The van der Waals surface area contributed by atoms with Crippen LogP contribution >= 0.6 is 0 Å². The van der Waals surface area contributed by atoms with E-state index in [0.29, 0.717) is 17.7 Å². The molecule has 0 spiro atoms. The van der Waals surface area contributed by atoms with Gasteiger partial charge in [0.15, 0.2) is 0 Å². The zero-order valence-electron chi connectivity index (χ0n) is 11.8. The molecule has 0 saturated carbocycles. The Morgan fingerprint density at radius 2 is 1.18 bits per heavy atom. The summed E-state index contributed by atoms with van der Waals surface area (Å²) in [5.74, 6) is -0.427. The molecular formula is C19H13NO2. The van der Waals surface area contributed by atoms with Crippen molar-refractivity contribution in [2.45, 2.75) is 6.54 Å². The molecule has 0 atom stereocenters. The summed E-state index contributed by atoms with van der Waals surface area (Å²) >= 11 is 0. The van der Waals surface area contributed by atoms with Crippen LogP contribution in [0.4, 0.5) is 0 Å². The largest absolute Gasteiger partial charge is 0.270 e. The second-order valence-corrected chi connectivity index (χ2v) is 5.43. The molecule has 2 amide bonds. The molecule has 3 aromatic carbocycles. The van der Waals surface area contributed by atoms with Crippen LogP contribution in [0.15, 0.2) is 66.7 Å². The number of carbonyl (C=O) groups is 2. The summed E-state index contributed by atoms with van der Waals surface area (Å²) in [7, 11) is 0. The lowest BCUT2D eigenvalue weighted by Crippen LogP contribution is -2.29. The first-order chi connectivity index (χ1) is 10.7. The van der Waals surface area contributed by atoms with Crippen LogP contribution in [-0.4, -0.2) is 16.7 Å². The number of hydrogen-bond acceptors (Lipinski definition) is 2. The summed E-state index contributed by atoms with van der Waals surface area (Å²) in [4.78, 5) is 26.4. The number of benzene rings is 3. The lowest BCUT2D eigenvalue weighted by molar-refractivity contribution is 0.0642. The normalized spacial score (nSPS) is 13.7. The van der Waals surface area contributed by atoms with Crippen molar-refractivity contribution in [1.29, 1.82) is 0 Å². The maximum absolute atomic E-state index is 12.6. The fourth-order valence-electron chi connectivity index (χ4n) is 2.89. The molecule has 3 nitrogen and oxygen atoms in total. The van der Waals surface area contributed by atoms with Gasteiger partial charge in [0.05, 0.1) is 17.7 Å². The molecule has 0 radical (unpaired) electrons. The third kappa shape index (κ3) is 1.91. The van der Waals surface area contributed by atoms with E-state index in [4.69, 9.17) is 0 Å². The molecule has 1 aliphatic heterocycles. The average Bonchev–Trinajstić information content (AvgIpc) is 2.79. The van der Waals surface area contributed by atoms with Crippen molar-refractivity contribution in [1.82, 2.24) is 4.90 Å². The van der Waals surface area contributed by atoms with Crippen LogP contribution in [0.2, 0.25) is 0 Å². The monoisotopic (exact) mass is 287 g/mol. The molecule has 22 heavy (non-hydrogen) atoms. The Balaban J connectivity index is 1.77. The van der Waals surface area contributed by atoms with Crippen LogP contribution < -0.4 is 0 Å². The van der Waals surface area contributed by atoms with Crippen molar-refractivity contribution in [2.75, 3.05) is 0 Å². The first-order valence-electron chi connectivity index (χ1n) is 7.17. The zero-order valence-corrected chi connectivity index (χ0v) is 11.8. The van der Waals surface area contributed by atoms with Crippen LogP contribution in [0.5, 0.6) is 0 Å². The summed E-state index contributed by atoms with van der Waals surface area (Å²) < 4.78 is 0. The SMILES string of the molecule is O=C1c2cc3ccccc3cc2C(=O)N1Cc1ccccc1. The van der Waals surface area contributed by atoms with Gasteiger partial charge in [-0.25, -0.2) is 0 Å². The maximum Gasteiger partial charge on any atom is 0.261 e. The van der Waals surface area contributed by atoms with Crippen molar-refractivity contribution < 1.29 is 9.59 Å². The fourth-order valence-corrected chi connectivity index (χ4v) is 2.89. The molecule has 3 aromatic rings. The lowest BCUT2D eigenvalue weighted by atomic mass is 10.0. The molecule has 0 bridgehead atoms. The maximum atomic E-state index is 12.6. The van der Waals surface area contributed by atoms with Gasteiger partial charge in [-0.15, -0.1) is 0 Å². The summed E-state index contributed by atoms with van der Waals surface area (Å²) in [6, 6.07) is 20.9. The molecule has 0 N–H and O–H groups in total. The Hall–Kier alpha value is -2.94. The van der Waals surface area contributed by atoms with Crippen molar-refractivity contribution in [3.05, 3.63) is 83.4 Å². The van der Waals surface area contributed by atoms with Crippen LogP contribution in [0.3, 0.4) is 0 Å². The fraction of sp³-hybridized carbons (Fsp3) is 0.0526. The van der Waals surface area contributed by atoms with Gasteiger partial charge in [0.1, 0.15) is 0 Å². The van der Waals surface area contributed by atoms with Crippen molar-refractivity contribution in [3.8, 4) is 0 Å². The minimum Gasteiger partial charge on any atom is -0.270 e. The third-order valence-corrected chi connectivity index (χ3v) is 4.02. The second kappa shape index (κ2) is 4.81. The Bertz CT molecular complexity index is 845. The lowest BCUT2D eigenvalue weighted by Gasteiger charge is -2.13. The molecule has 0 fully saturated rings. The smallest absolute Gasteiger partial charge is 0.261 e. The van der Waals surface area contributed by atoms with E-state index in [1.807, 2.05) is 66.7 Å². The van der Waals surface area contributed by atoms with E-state index >= 15 is 0 Å². The highest BCUT2D eigenvalue weighted by molar-refractivity contribution is 6.23. The van der Waals surface area contributed by atoms with Gasteiger partial charge in [0.2, 0.25) is 0 Å². The van der Waals surface area contributed by atoms with Crippen LogP contribution in [0, 0.1) is 0 Å². The Morgan fingerprint density at radius 3 is 1.73 bits per heavy atom. The molecule has 0 unspecified atom stereocenters. The topological polar surface area (TPSA) is 37.4 Å². The first kappa shape index (κ1) is 12.8.